The minimum absolute atomic E-state index is 0.0503. The lowest BCUT2D eigenvalue weighted by Gasteiger charge is -2.17. The van der Waals surface area contributed by atoms with Crippen molar-refractivity contribution in [2.75, 3.05) is 12.0 Å². The first kappa shape index (κ1) is 12.7. The average Bonchev–Trinajstić information content (AvgIpc) is 2.90. The highest BCUT2D eigenvalue weighted by Gasteiger charge is 2.48. The molecule has 0 aromatic rings. The largest absolute Gasteiger partial charge is 0.480 e. The molecule has 2 aliphatic carbocycles. The summed E-state index contributed by atoms with van der Waals surface area (Å²) in [6.45, 7) is 0. The highest BCUT2D eigenvalue weighted by molar-refractivity contribution is 7.98. The third-order valence-electron chi connectivity index (χ3n) is 3.84. The molecule has 4 nitrogen and oxygen atoms in total. The van der Waals surface area contributed by atoms with E-state index in [0.29, 0.717) is 6.42 Å². The van der Waals surface area contributed by atoms with Gasteiger partial charge in [0.25, 0.3) is 0 Å². The molecule has 2 rings (SSSR count). The Balaban J connectivity index is 1.80. The summed E-state index contributed by atoms with van der Waals surface area (Å²) in [5.74, 6) is 1.35. The number of thioether (sulfide) groups is 1. The van der Waals surface area contributed by atoms with Gasteiger partial charge in [-0.1, -0.05) is 0 Å². The Labute approximate surface area is 106 Å². The van der Waals surface area contributed by atoms with Crippen LogP contribution in [0.4, 0.5) is 0 Å². The number of fused-ring (bicyclic) bond motifs is 1. The Morgan fingerprint density at radius 1 is 1.35 bits per heavy atom. The van der Waals surface area contributed by atoms with Crippen molar-refractivity contribution in [1.29, 1.82) is 0 Å². The topological polar surface area (TPSA) is 66.4 Å². The highest BCUT2D eigenvalue weighted by atomic mass is 32.2. The van der Waals surface area contributed by atoms with E-state index in [-0.39, 0.29) is 11.8 Å². The summed E-state index contributed by atoms with van der Waals surface area (Å²) in [5, 5.41) is 11.7. The van der Waals surface area contributed by atoms with Crippen molar-refractivity contribution >= 4 is 23.6 Å². The normalized spacial score (nSPS) is 31.7. The lowest BCUT2D eigenvalue weighted by Crippen LogP contribution is -2.43. The number of hydrogen-bond donors (Lipinski definition) is 2. The van der Waals surface area contributed by atoms with Gasteiger partial charge >= 0.3 is 5.97 Å². The Morgan fingerprint density at radius 2 is 2.00 bits per heavy atom. The smallest absolute Gasteiger partial charge is 0.326 e. The van der Waals surface area contributed by atoms with Crippen LogP contribution in [0.15, 0.2) is 0 Å². The van der Waals surface area contributed by atoms with E-state index < -0.39 is 12.0 Å². The van der Waals surface area contributed by atoms with E-state index >= 15 is 0 Å². The van der Waals surface area contributed by atoms with Crippen molar-refractivity contribution in [3.8, 4) is 0 Å². The number of amides is 1. The number of carboxylic acid groups (broad SMARTS) is 1. The van der Waals surface area contributed by atoms with Gasteiger partial charge in [0.2, 0.25) is 5.91 Å². The highest BCUT2D eigenvalue weighted by Crippen LogP contribution is 2.54. The van der Waals surface area contributed by atoms with Gasteiger partial charge in [0, 0.05) is 5.92 Å². The summed E-state index contributed by atoms with van der Waals surface area (Å²) in [7, 11) is 0. The van der Waals surface area contributed by atoms with E-state index in [0.717, 1.165) is 30.4 Å². The molecule has 5 heteroatoms. The van der Waals surface area contributed by atoms with Gasteiger partial charge in [-0.25, -0.2) is 4.79 Å². The van der Waals surface area contributed by atoms with Gasteiger partial charge in [-0.05, 0) is 49.5 Å². The van der Waals surface area contributed by atoms with Gasteiger partial charge in [-0.2, -0.15) is 11.8 Å². The minimum atomic E-state index is -0.921. The molecular formula is C12H19NO3S. The van der Waals surface area contributed by atoms with Crippen LogP contribution in [0.3, 0.4) is 0 Å². The monoisotopic (exact) mass is 257 g/mol. The van der Waals surface area contributed by atoms with Crippen molar-refractivity contribution in [3.05, 3.63) is 0 Å². The van der Waals surface area contributed by atoms with E-state index in [1.807, 2.05) is 6.26 Å². The first-order chi connectivity index (χ1) is 8.11. The summed E-state index contributed by atoms with van der Waals surface area (Å²) in [6.07, 6.45) is 5.64. The number of carbonyl (C=O) groups is 2. The van der Waals surface area contributed by atoms with Crippen molar-refractivity contribution in [1.82, 2.24) is 5.32 Å². The molecule has 2 aliphatic rings. The van der Waals surface area contributed by atoms with Gasteiger partial charge in [-0.15, -0.1) is 0 Å². The average molecular weight is 257 g/mol. The molecule has 1 amide bonds. The molecule has 17 heavy (non-hydrogen) atoms. The van der Waals surface area contributed by atoms with Crippen LogP contribution in [0.5, 0.6) is 0 Å². The van der Waals surface area contributed by atoms with E-state index in [1.54, 1.807) is 11.8 Å². The van der Waals surface area contributed by atoms with Crippen LogP contribution in [-0.2, 0) is 9.59 Å². The number of carboxylic acids is 1. The van der Waals surface area contributed by atoms with Crippen LogP contribution in [0.1, 0.15) is 25.7 Å². The quantitative estimate of drug-likeness (QED) is 0.754. The Morgan fingerprint density at radius 3 is 2.53 bits per heavy atom. The van der Waals surface area contributed by atoms with E-state index in [1.165, 1.54) is 6.42 Å². The number of rotatable bonds is 6. The number of aliphatic carboxylic acids is 1. The third kappa shape index (κ3) is 3.15. The number of hydrogen-bond acceptors (Lipinski definition) is 3. The molecule has 2 fully saturated rings. The first-order valence-corrected chi connectivity index (χ1v) is 7.53. The van der Waals surface area contributed by atoms with Gasteiger partial charge < -0.3 is 10.4 Å². The number of carbonyl (C=O) groups excluding carboxylic acids is 1. The molecule has 96 valence electrons. The summed E-state index contributed by atoms with van der Waals surface area (Å²) in [5.41, 5.74) is 0. The van der Waals surface area contributed by atoms with Crippen LogP contribution in [0.25, 0.3) is 0 Å². The zero-order chi connectivity index (χ0) is 12.4. The van der Waals surface area contributed by atoms with Crippen LogP contribution in [0, 0.1) is 17.8 Å². The van der Waals surface area contributed by atoms with Gasteiger partial charge in [0.05, 0.1) is 0 Å². The van der Waals surface area contributed by atoms with Crippen LogP contribution < -0.4 is 5.32 Å². The van der Waals surface area contributed by atoms with Crippen molar-refractivity contribution in [3.63, 3.8) is 0 Å². The second-order valence-corrected chi connectivity index (χ2v) is 6.09. The number of nitrogens with one attached hydrogen (secondary N) is 1. The fourth-order valence-electron chi connectivity index (χ4n) is 2.71. The predicted molar refractivity (Wildman–Crippen MR) is 66.9 cm³/mol. The van der Waals surface area contributed by atoms with Gasteiger partial charge in [0.15, 0.2) is 0 Å². The lowest BCUT2D eigenvalue weighted by atomic mass is 10.0. The van der Waals surface area contributed by atoms with Crippen molar-refractivity contribution in [2.24, 2.45) is 17.8 Å². The molecule has 0 saturated heterocycles. The molecule has 2 saturated carbocycles. The third-order valence-corrected chi connectivity index (χ3v) is 4.48. The van der Waals surface area contributed by atoms with E-state index in [4.69, 9.17) is 5.11 Å². The molecule has 0 aliphatic heterocycles. The maximum Gasteiger partial charge on any atom is 0.326 e. The Hall–Kier alpha value is -0.710. The Bertz CT molecular complexity index is 311. The molecule has 0 aromatic heterocycles. The molecule has 0 spiro atoms. The summed E-state index contributed by atoms with van der Waals surface area (Å²) < 4.78 is 0. The standard InChI is InChI=1S/C12H19NO3S/c1-17-3-2-10(12(15)16)13-11(14)9-5-7-4-8(7)6-9/h7-10H,2-6H2,1H3,(H,13,14)(H,15,16). The fraction of sp³-hybridized carbons (Fsp3) is 0.833. The lowest BCUT2D eigenvalue weighted by molar-refractivity contribution is -0.142. The zero-order valence-electron chi connectivity index (χ0n) is 10.0. The van der Waals surface area contributed by atoms with E-state index in [9.17, 15) is 9.59 Å². The second-order valence-electron chi connectivity index (χ2n) is 5.11. The SMILES string of the molecule is CSCCC(NC(=O)C1CC2CC2C1)C(=O)O. The second kappa shape index (κ2) is 5.29. The molecule has 0 bridgehead atoms. The summed E-state index contributed by atoms with van der Waals surface area (Å²) >= 11 is 1.60. The van der Waals surface area contributed by atoms with Crippen LogP contribution in [0.2, 0.25) is 0 Å². The molecule has 0 radical (unpaired) electrons. The molecule has 2 N–H and O–H groups in total. The van der Waals surface area contributed by atoms with Crippen molar-refractivity contribution < 1.29 is 14.7 Å². The maximum absolute atomic E-state index is 11.9. The first-order valence-electron chi connectivity index (χ1n) is 6.14. The molecule has 3 atom stereocenters. The minimum Gasteiger partial charge on any atom is -0.480 e. The summed E-state index contributed by atoms with van der Waals surface area (Å²) in [6, 6.07) is -0.716. The van der Waals surface area contributed by atoms with Gasteiger partial charge in [0.1, 0.15) is 6.04 Å². The zero-order valence-corrected chi connectivity index (χ0v) is 10.8. The Kier molecular flexibility index (Phi) is 3.97. The summed E-state index contributed by atoms with van der Waals surface area (Å²) in [4.78, 5) is 22.9. The van der Waals surface area contributed by atoms with Crippen LogP contribution in [-0.4, -0.2) is 35.0 Å². The molecule has 3 unspecified atom stereocenters. The maximum atomic E-state index is 11.9. The van der Waals surface area contributed by atoms with Gasteiger partial charge in [-0.3, -0.25) is 4.79 Å². The van der Waals surface area contributed by atoms with Crippen molar-refractivity contribution in [2.45, 2.75) is 31.7 Å². The predicted octanol–water partition coefficient (Wildman–Crippen LogP) is 1.35. The molecular weight excluding hydrogens is 238 g/mol. The molecule has 0 aromatic carbocycles. The fourth-order valence-corrected chi connectivity index (χ4v) is 3.18. The van der Waals surface area contributed by atoms with E-state index in [2.05, 4.69) is 5.32 Å². The molecule has 0 heterocycles. The van der Waals surface area contributed by atoms with Crippen LogP contribution >= 0.6 is 11.8 Å².